The van der Waals surface area contributed by atoms with Crippen molar-refractivity contribution in [2.24, 2.45) is 0 Å². The van der Waals surface area contributed by atoms with E-state index in [9.17, 15) is 18.0 Å². The lowest BCUT2D eigenvalue weighted by Gasteiger charge is -2.24. The first-order chi connectivity index (χ1) is 15.8. The maximum absolute atomic E-state index is 13.5. The molecule has 0 fully saturated rings. The number of aliphatic hydroxyl groups is 1. The molecule has 2 aliphatic rings. The van der Waals surface area contributed by atoms with Crippen molar-refractivity contribution < 1.29 is 27.8 Å². The van der Waals surface area contributed by atoms with Gasteiger partial charge < -0.3 is 20.5 Å². The summed E-state index contributed by atoms with van der Waals surface area (Å²) in [6.45, 7) is 1.97. The molecule has 0 saturated carbocycles. The van der Waals surface area contributed by atoms with Gasteiger partial charge in [0.05, 0.1) is 30.7 Å². The lowest BCUT2D eigenvalue weighted by atomic mass is 9.94. The molecule has 0 saturated heterocycles. The standard InChI is InChI=1S/C21H23F3N6O3/c1-12-8-15(13-4-2-3-5-14(13)21(22,23)24)29-30-16(10-25-19(12)30)20(32)28-17-9-18(27-11-26-17)33-7-6-31/h4-5,8-10,17,26-27,31H,2-3,6-7,11H2,1H3,(H,28,32). The Kier molecular flexibility index (Phi) is 6.38. The Hall–Kier alpha value is -3.38. The van der Waals surface area contributed by atoms with Crippen molar-refractivity contribution in [1.29, 1.82) is 0 Å². The van der Waals surface area contributed by atoms with Crippen molar-refractivity contribution in [3.8, 4) is 0 Å². The third kappa shape index (κ3) is 4.86. The summed E-state index contributed by atoms with van der Waals surface area (Å²) in [6.07, 6.45) is 1.31. The summed E-state index contributed by atoms with van der Waals surface area (Å²) in [5, 5.41) is 21.9. The summed E-state index contributed by atoms with van der Waals surface area (Å²) in [7, 11) is 0. The molecule has 2 aromatic rings. The lowest BCUT2D eigenvalue weighted by molar-refractivity contribution is -0.0875. The van der Waals surface area contributed by atoms with Gasteiger partial charge >= 0.3 is 6.18 Å². The molecule has 0 radical (unpaired) electrons. The number of rotatable bonds is 6. The topological polar surface area (TPSA) is 113 Å². The van der Waals surface area contributed by atoms with Gasteiger partial charge in [-0.25, -0.2) is 9.50 Å². The van der Waals surface area contributed by atoms with Crippen molar-refractivity contribution >= 4 is 17.1 Å². The fourth-order valence-corrected chi connectivity index (χ4v) is 3.67. The zero-order valence-electron chi connectivity index (χ0n) is 17.7. The van der Waals surface area contributed by atoms with E-state index >= 15 is 0 Å². The molecule has 1 aliphatic carbocycles. The number of nitrogens with one attached hydrogen (secondary N) is 3. The minimum Gasteiger partial charge on any atom is -0.477 e. The number of imidazole rings is 1. The van der Waals surface area contributed by atoms with Crippen LogP contribution in [0.5, 0.6) is 0 Å². The summed E-state index contributed by atoms with van der Waals surface area (Å²) in [5.41, 5.74) is 0.425. The Balaban J connectivity index is 1.63. The van der Waals surface area contributed by atoms with E-state index in [-0.39, 0.29) is 30.2 Å². The number of carbonyl (C=O) groups excluding carboxylic acids is 1. The van der Waals surface area contributed by atoms with Crippen LogP contribution < -0.4 is 16.0 Å². The van der Waals surface area contributed by atoms with Crippen LogP contribution >= 0.6 is 0 Å². The van der Waals surface area contributed by atoms with Crippen molar-refractivity contribution in [2.45, 2.75) is 32.1 Å². The number of fused-ring (bicyclic) bond motifs is 1. The maximum atomic E-state index is 13.5. The molecule has 1 unspecified atom stereocenters. The summed E-state index contributed by atoms with van der Waals surface area (Å²) in [6, 6.07) is 1.54. The molecule has 1 atom stereocenters. The molecular formula is C21H23F3N6O3. The summed E-state index contributed by atoms with van der Waals surface area (Å²) in [5.74, 6) is -0.119. The number of aryl methyl sites for hydroxylation is 1. The molecule has 0 spiro atoms. The first-order valence-corrected chi connectivity index (χ1v) is 10.3. The van der Waals surface area contributed by atoms with Crippen molar-refractivity contribution in [3.63, 3.8) is 0 Å². The van der Waals surface area contributed by atoms with E-state index in [4.69, 9.17) is 9.84 Å². The van der Waals surface area contributed by atoms with Gasteiger partial charge in [-0.1, -0.05) is 12.2 Å². The second-order valence-corrected chi connectivity index (χ2v) is 7.51. The first kappa shape index (κ1) is 22.8. The average molecular weight is 464 g/mol. The molecule has 4 N–H and O–H groups in total. The minimum atomic E-state index is -4.51. The molecule has 176 valence electrons. The number of hydrogen-bond donors (Lipinski definition) is 4. The molecule has 4 rings (SSSR count). The predicted molar refractivity (Wildman–Crippen MR) is 113 cm³/mol. The largest absolute Gasteiger partial charge is 0.477 e. The molecule has 2 aromatic heterocycles. The van der Waals surface area contributed by atoms with Gasteiger partial charge in [-0.3, -0.25) is 10.1 Å². The highest BCUT2D eigenvalue weighted by molar-refractivity contribution is 5.93. The van der Waals surface area contributed by atoms with Crippen molar-refractivity contribution in [1.82, 2.24) is 30.5 Å². The zero-order chi connectivity index (χ0) is 23.6. The van der Waals surface area contributed by atoms with E-state index in [0.29, 0.717) is 36.6 Å². The highest BCUT2D eigenvalue weighted by Crippen LogP contribution is 2.39. The van der Waals surface area contributed by atoms with Crippen LogP contribution in [0.1, 0.15) is 34.6 Å². The maximum Gasteiger partial charge on any atom is 0.416 e. The molecule has 1 aliphatic heterocycles. The molecule has 3 heterocycles. The second kappa shape index (κ2) is 9.24. The fraction of sp³-hybridized carbons (Fsp3) is 0.381. The zero-order valence-corrected chi connectivity index (χ0v) is 17.7. The summed E-state index contributed by atoms with van der Waals surface area (Å²) < 4.78 is 47.2. The monoisotopic (exact) mass is 464 g/mol. The van der Waals surface area contributed by atoms with Crippen LogP contribution in [0.3, 0.4) is 0 Å². The van der Waals surface area contributed by atoms with E-state index in [0.717, 1.165) is 0 Å². The van der Waals surface area contributed by atoms with Crippen LogP contribution in [-0.2, 0) is 4.74 Å². The predicted octanol–water partition coefficient (Wildman–Crippen LogP) is 1.76. The van der Waals surface area contributed by atoms with Gasteiger partial charge in [0.15, 0.2) is 17.2 Å². The molecule has 0 bridgehead atoms. The van der Waals surface area contributed by atoms with Gasteiger partial charge in [0.2, 0.25) is 0 Å². The van der Waals surface area contributed by atoms with E-state index in [1.807, 2.05) is 0 Å². The van der Waals surface area contributed by atoms with Gasteiger partial charge in [0, 0.05) is 11.6 Å². The number of carbonyl (C=O) groups is 1. The highest BCUT2D eigenvalue weighted by atomic mass is 19.4. The van der Waals surface area contributed by atoms with Crippen LogP contribution in [0.25, 0.3) is 11.2 Å². The van der Waals surface area contributed by atoms with E-state index in [1.54, 1.807) is 19.1 Å². The Morgan fingerprint density at radius 1 is 1.36 bits per heavy atom. The fourth-order valence-electron chi connectivity index (χ4n) is 3.67. The Morgan fingerprint density at radius 3 is 2.91 bits per heavy atom. The van der Waals surface area contributed by atoms with Crippen molar-refractivity contribution in [2.75, 3.05) is 19.9 Å². The SMILES string of the molecule is Cc1cc(C2=CCCC=C2C(F)(F)F)nn2c(C(=O)NC3C=C(OCCO)NCN3)cnc12. The second-order valence-electron chi connectivity index (χ2n) is 7.51. The number of ether oxygens (including phenoxy) is 1. The van der Waals surface area contributed by atoms with Gasteiger partial charge in [0.25, 0.3) is 5.91 Å². The Morgan fingerprint density at radius 2 is 2.15 bits per heavy atom. The molecule has 9 nitrogen and oxygen atoms in total. The third-order valence-electron chi connectivity index (χ3n) is 5.16. The van der Waals surface area contributed by atoms with Crippen LogP contribution in [0.2, 0.25) is 0 Å². The van der Waals surface area contributed by atoms with E-state index in [2.05, 4.69) is 26.0 Å². The molecule has 1 amide bonds. The number of amides is 1. The van der Waals surface area contributed by atoms with Crippen LogP contribution in [0.4, 0.5) is 13.2 Å². The number of nitrogens with zero attached hydrogens (tertiary/aromatic N) is 3. The number of halogens is 3. The Labute approximate surface area is 187 Å². The van der Waals surface area contributed by atoms with Gasteiger partial charge in [-0.05, 0) is 31.4 Å². The van der Waals surface area contributed by atoms with Gasteiger partial charge in [-0.15, -0.1) is 0 Å². The van der Waals surface area contributed by atoms with Crippen LogP contribution in [-0.4, -0.2) is 57.8 Å². The first-order valence-electron chi connectivity index (χ1n) is 10.3. The quantitative estimate of drug-likeness (QED) is 0.515. The van der Waals surface area contributed by atoms with E-state index < -0.39 is 23.8 Å². The molecule has 12 heteroatoms. The number of aliphatic hydroxyl groups excluding tert-OH is 1. The normalized spacial score (nSPS) is 18.8. The lowest BCUT2D eigenvalue weighted by Crippen LogP contribution is -2.51. The molecule has 0 aromatic carbocycles. The minimum absolute atomic E-state index is 0.00700. The third-order valence-corrected chi connectivity index (χ3v) is 5.16. The summed E-state index contributed by atoms with van der Waals surface area (Å²) in [4.78, 5) is 17.2. The van der Waals surface area contributed by atoms with E-state index in [1.165, 1.54) is 22.9 Å². The van der Waals surface area contributed by atoms with Gasteiger partial charge in [-0.2, -0.15) is 18.3 Å². The van der Waals surface area contributed by atoms with Crippen molar-refractivity contribution in [3.05, 3.63) is 58.9 Å². The molecule has 33 heavy (non-hydrogen) atoms. The number of allylic oxidation sites excluding steroid dienone is 4. The van der Waals surface area contributed by atoms with Crippen LogP contribution in [0, 0.1) is 6.92 Å². The smallest absolute Gasteiger partial charge is 0.416 e. The number of alkyl halides is 3. The average Bonchev–Trinajstić information content (AvgIpc) is 3.22. The summed E-state index contributed by atoms with van der Waals surface area (Å²) >= 11 is 0. The molecular weight excluding hydrogens is 441 g/mol. The number of hydrogen-bond acceptors (Lipinski definition) is 7. The highest BCUT2D eigenvalue weighted by Gasteiger charge is 2.37. The van der Waals surface area contributed by atoms with Gasteiger partial charge in [0.1, 0.15) is 12.8 Å². The Bertz CT molecular complexity index is 1150. The number of aromatic nitrogens is 3. The van der Waals surface area contributed by atoms with Crippen LogP contribution in [0.15, 0.2) is 41.9 Å².